The monoisotopic (exact) mass is 300 g/mol. The minimum absolute atomic E-state index is 0.0393. The quantitative estimate of drug-likeness (QED) is 0.672. The van der Waals surface area contributed by atoms with E-state index in [0.717, 1.165) is 22.2 Å². The summed E-state index contributed by atoms with van der Waals surface area (Å²) in [6.45, 7) is 1.98. The summed E-state index contributed by atoms with van der Waals surface area (Å²) in [5.41, 5.74) is 2.60. The van der Waals surface area contributed by atoms with Gasteiger partial charge in [-0.15, -0.1) is 0 Å². The van der Waals surface area contributed by atoms with Crippen LogP contribution in [0.2, 0.25) is 5.15 Å². The zero-order valence-corrected chi connectivity index (χ0v) is 12.2. The predicted octanol–water partition coefficient (Wildman–Crippen LogP) is 5.20. The number of anilines is 1. The molecular weight excluding hydrogens is 287 g/mol. The second-order valence-electron chi connectivity index (χ2n) is 4.93. The first-order valence-electron chi connectivity index (χ1n) is 6.71. The molecule has 0 radical (unpaired) electrons. The van der Waals surface area contributed by atoms with Crippen molar-refractivity contribution in [2.24, 2.45) is 0 Å². The number of fused-ring (bicyclic) bond motifs is 1. The van der Waals surface area contributed by atoms with E-state index < -0.39 is 0 Å². The van der Waals surface area contributed by atoms with Gasteiger partial charge in [-0.05, 0) is 36.8 Å². The number of aromatic nitrogens is 1. The summed E-state index contributed by atoms with van der Waals surface area (Å²) < 4.78 is 13.3. The lowest BCUT2D eigenvalue weighted by molar-refractivity contribution is 0.623. The van der Waals surface area contributed by atoms with Crippen LogP contribution in [0, 0.1) is 5.82 Å². The second kappa shape index (κ2) is 5.70. The molecule has 0 bridgehead atoms. The third-order valence-corrected chi connectivity index (χ3v) is 3.60. The van der Waals surface area contributed by atoms with Gasteiger partial charge in [0.2, 0.25) is 0 Å². The molecule has 21 heavy (non-hydrogen) atoms. The van der Waals surface area contributed by atoms with Gasteiger partial charge in [0.05, 0.1) is 5.52 Å². The number of hydrogen-bond donors (Lipinski definition) is 1. The number of benzene rings is 2. The van der Waals surface area contributed by atoms with Crippen molar-refractivity contribution in [1.29, 1.82) is 0 Å². The van der Waals surface area contributed by atoms with E-state index in [9.17, 15) is 4.39 Å². The van der Waals surface area contributed by atoms with E-state index in [0.29, 0.717) is 5.15 Å². The summed E-state index contributed by atoms with van der Waals surface area (Å²) in [7, 11) is 0. The summed E-state index contributed by atoms with van der Waals surface area (Å²) in [4.78, 5) is 4.30. The van der Waals surface area contributed by atoms with E-state index in [-0.39, 0.29) is 11.9 Å². The van der Waals surface area contributed by atoms with Crippen molar-refractivity contribution in [2.45, 2.75) is 13.0 Å². The summed E-state index contributed by atoms with van der Waals surface area (Å²) in [5, 5.41) is 4.80. The van der Waals surface area contributed by atoms with Crippen LogP contribution in [0.4, 0.5) is 10.1 Å². The van der Waals surface area contributed by atoms with Gasteiger partial charge in [0.25, 0.3) is 0 Å². The van der Waals surface area contributed by atoms with E-state index in [1.54, 1.807) is 12.1 Å². The Balaban J connectivity index is 1.98. The standard InChI is InChI=1S/C17H14ClFN2/c1-11(12-5-4-6-13(19)9-12)20-16-10-17(18)21-15-8-3-2-7-14(15)16/h2-11H,1H3,(H,20,21). The summed E-state index contributed by atoms with van der Waals surface area (Å²) in [6, 6.07) is 16.1. The fourth-order valence-electron chi connectivity index (χ4n) is 2.36. The minimum Gasteiger partial charge on any atom is -0.378 e. The maximum absolute atomic E-state index is 13.3. The molecule has 0 aliphatic rings. The molecule has 0 aliphatic carbocycles. The average molecular weight is 301 g/mol. The van der Waals surface area contributed by atoms with E-state index in [1.165, 1.54) is 12.1 Å². The normalized spacial score (nSPS) is 12.3. The van der Waals surface area contributed by atoms with Gasteiger partial charge in [0.1, 0.15) is 11.0 Å². The Morgan fingerprint density at radius 2 is 1.90 bits per heavy atom. The van der Waals surface area contributed by atoms with Crippen molar-refractivity contribution >= 4 is 28.2 Å². The Bertz CT molecular complexity index is 789. The molecule has 0 amide bonds. The first-order valence-corrected chi connectivity index (χ1v) is 7.08. The molecule has 1 aromatic heterocycles. The Hall–Kier alpha value is -2.13. The van der Waals surface area contributed by atoms with E-state index in [2.05, 4.69) is 10.3 Å². The highest BCUT2D eigenvalue weighted by molar-refractivity contribution is 6.30. The zero-order chi connectivity index (χ0) is 14.8. The molecule has 0 spiro atoms. The molecule has 0 saturated heterocycles. The first kappa shape index (κ1) is 13.8. The Morgan fingerprint density at radius 3 is 2.71 bits per heavy atom. The molecule has 1 unspecified atom stereocenters. The number of para-hydroxylation sites is 1. The second-order valence-corrected chi connectivity index (χ2v) is 5.32. The minimum atomic E-state index is -0.237. The van der Waals surface area contributed by atoms with Crippen LogP contribution in [0.15, 0.2) is 54.6 Å². The number of rotatable bonds is 3. The summed E-state index contributed by atoms with van der Waals surface area (Å²) in [5.74, 6) is -0.237. The first-order chi connectivity index (χ1) is 10.1. The molecule has 2 nitrogen and oxygen atoms in total. The molecule has 0 aliphatic heterocycles. The van der Waals surface area contributed by atoms with Crippen LogP contribution in [0.5, 0.6) is 0 Å². The maximum Gasteiger partial charge on any atom is 0.131 e. The van der Waals surface area contributed by atoms with Crippen LogP contribution in [-0.2, 0) is 0 Å². The molecule has 2 aromatic carbocycles. The molecule has 3 aromatic rings. The van der Waals surface area contributed by atoms with Gasteiger partial charge < -0.3 is 5.32 Å². The smallest absolute Gasteiger partial charge is 0.131 e. The fourth-order valence-corrected chi connectivity index (χ4v) is 2.56. The maximum atomic E-state index is 13.3. The van der Waals surface area contributed by atoms with Gasteiger partial charge in [-0.25, -0.2) is 9.37 Å². The fraction of sp³-hybridized carbons (Fsp3) is 0.118. The molecule has 1 N–H and O–H groups in total. The van der Waals surface area contributed by atoms with Crippen LogP contribution >= 0.6 is 11.6 Å². The average Bonchev–Trinajstić information content (AvgIpc) is 2.47. The predicted molar refractivity (Wildman–Crippen MR) is 85.2 cm³/mol. The van der Waals surface area contributed by atoms with Crippen molar-refractivity contribution in [1.82, 2.24) is 4.98 Å². The molecule has 106 valence electrons. The van der Waals surface area contributed by atoms with Crippen LogP contribution in [-0.4, -0.2) is 4.98 Å². The third-order valence-electron chi connectivity index (χ3n) is 3.41. The van der Waals surface area contributed by atoms with Gasteiger partial charge in [-0.2, -0.15) is 0 Å². The Labute approximate surface area is 127 Å². The molecule has 1 heterocycles. The SMILES string of the molecule is CC(Nc1cc(Cl)nc2ccccc12)c1cccc(F)c1. The van der Waals surface area contributed by atoms with Gasteiger partial charge in [-0.1, -0.05) is 41.9 Å². The topological polar surface area (TPSA) is 24.9 Å². The van der Waals surface area contributed by atoms with Crippen molar-refractivity contribution in [2.75, 3.05) is 5.32 Å². The van der Waals surface area contributed by atoms with Crippen molar-refractivity contribution in [3.63, 3.8) is 0 Å². The van der Waals surface area contributed by atoms with Crippen LogP contribution < -0.4 is 5.32 Å². The van der Waals surface area contributed by atoms with Crippen molar-refractivity contribution in [3.05, 3.63) is 71.1 Å². The molecule has 4 heteroatoms. The number of hydrogen-bond acceptors (Lipinski definition) is 2. The van der Waals surface area contributed by atoms with Crippen LogP contribution in [0.3, 0.4) is 0 Å². The van der Waals surface area contributed by atoms with Crippen LogP contribution in [0.25, 0.3) is 10.9 Å². The Kier molecular flexibility index (Phi) is 3.76. The molecular formula is C17H14ClFN2. The lowest BCUT2D eigenvalue weighted by Gasteiger charge is -2.17. The highest BCUT2D eigenvalue weighted by atomic mass is 35.5. The highest BCUT2D eigenvalue weighted by Gasteiger charge is 2.10. The van der Waals surface area contributed by atoms with E-state index in [4.69, 9.17) is 11.6 Å². The van der Waals surface area contributed by atoms with Crippen LogP contribution in [0.1, 0.15) is 18.5 Å². The van der Waals surface area contributed by atoms with Gasteiger partial charge in [0.15, 0.2) is 0 Å². The number of nitrogens with one attached hydrogen (secondary N) is 1. The number of nitrogens with zero attached hydrogens (tertiary/aromatic N) is 1. The highest BCUT2D eigenvalue weighted by Crippen LogP contribution is 2.28. The number of halogens is 2. The van der Waals surface area contributed by atoms with E-state index >= 15 is 0 Å². The van der Waals surface area contributed by atoms with Gasteiger partial charge in [0, 0.05) is 17.1 Å². The zero-order valence-electron chi connectivity index (χ0n) is 11.5. The lowest BCUT2D eigenvalue weighted by atomic mass is 10.1. The molecule has 1 atom stereocenters. The lowest BCUT2D eigenvalue weighted by Crippen LogP contribution is -2.07. The van der Waals surface area contributed by atoms with Gasteiger partial charge in [-0.3, -0.25) is 0 Å². The van der Waals surface area contributed by atoms with Crippen molar-refractivity contribution in [3.8, 4) is 0 Å². The van der Waals surface area contributed by atoms with Gasteiger partial charge >= 0.3 is 0 Å². The third kappa shape index (κ3) is 2.98. The Morgan fingerprint density at radius 1 is 1.10 bits per heavy atom. The summed E-state index contributed by atoms with van der Waals surface area (Å²) in [6.07, 6.45) is 0. The van der Waals surface area contributed by atoms with E-state index in [1.807, 2.05) is 37.3 Å². The summed E-state index contributed by atoms with van der Waals surface area (Å²) >= 11 is 6.07. The molecule has 3 rings (SSSR count). The number of pyridine rings is 1. The molecule has 0 fully saturated rings. The molecule has 0 saturated carbocycles. The van der Waals surface area contributed by atoms with Crippen molar-refractivity contribution < 1.29 is 4.39 Å². The largest absolute Gasteiger partial charge is 0.378 e.